The van der Waals surface area contributed by atoms with Gasteiger partial charge in [0.15, 0.2) is 5.69 Å². The molecule has 0 unspecified atom stereocenters. The number of anilines is 2. The van der Waals surface area contributed by atoms with Crippen LogP contribution in [0.4, 0.5) is 15.8 Å². The monoisotopic (exact) mass is 378 g/mol. The Morgan fingerprint density at radius 2 is 1.68 bits per heavy atom. The van der Waals surface area contributed by atoms with Crippen LogP contribution < -0.4 is 10.6 Å². The maximum Gasteiger partial charge on any atom is 0.276 e. The van der Waals surface area contributed by atoms with Crippen molar-refractivity contribution < 1.29 is 9.18 Å². The molecule has 1 amide bonds. The van der Waals surface area contributed by atoms with Gasteiger partial charge in [0.2, 0.25) is 0 Å². The van der Waals surface area contributed by atoms with E-state index in [0.717, 1.165) is 5.69 Å². The predicted octanol–water partition coefficient (Wildman–Crippen LogP) is 5.01. The average Bonchev–Trinajstić information content (AvgIpc) is 3.21. The standard InChI is InChI=1S/C22H23FN4O/c23-19-8-4-5-9-21(19)27-15-14-20(26-27)22(28)25-18-12-10-17(11-13-18)24-16-6-2-1-3-7-16/h4-5,8-16,24H,1-3,6-7H2,(H,25,28). The number of carbonyl (C=O) groups excluding carboxylic acids is 1. The van der Waals surface area contributed by atoms with E-state index < -0.39 is 5.82 Å². The molecule has 2 N–H and O–H groups in total. The molecule has 2 aromatic carbocycles. The summed E-state index contributed by atoms with van der Waals surface area (Å²) in [6.45, 7) is 0. The molecular formula is C22H23FN4O. The van der Waals surface area contributed by atoms with Crippen LogP contribution in [-0.4, -0.2) is 21.7 Å². The maximum atomic E-state index is 13.9. The van der Waals surface area contributed by atoms with Crippen molar-refractivity contribution in [1.29, 1.82) is 0 Å². The minimum atomic E-state index is -0.390. The molecule has 0 saturated heterocycles. The number of hydrogen-bond acceptors (Lipinski definition) is 3. The third kappa shape index (κ3) is 4.22. The Bertz CT molecular complexity index is 945. The van der Waals surface area contributed by atoms with Gasteiger partial charge < -0.3 is 10.6 Å². The number of nitrogens with one attached hydrogen (secondary N) is 2. The lowest BCUT2D eigenvalue weighted by Crippen LogP contribution is -2.22. The van der Waals surface area contributed by atoms with E-state index in [9.17, 15) is 9.18 Å². The number of rotatable bonds is 5. The average molecular weight is 378 g/mol. The molecule has 5 nitrogen and oxygen atoms in total. The fraction of sp³-hybridized carbons (Fsp3) is 0.273. The van der Waals surface area contributed by atoms with Crippen molar-refractivity contribution in [2.75, 3.05) is 10.6 Å². The van der Waals surface area contributed by atoms with Crippen molar-refractivity contribution in [3.05, 3.63) is 72.3 Å². The number of carbonyl (C=O) groups is 1. The van der Waals surface area contributed by atoms with Gasteiger partial charge in [0.25, 0.3) is 5.91 Å². The molecule has 0 atom stereocenters. The Balaban J connectivity index is 1.39. The fourth-order valence-corrected chi connectivity index (χ4v) is 3.54. The Labute approximate surface area is 163 Å². The quantitative estimate of drug-likeness (QED) is 0.656. The second kappa shape index (κ2) is 8.25. The van der Waals surface area contributed by atoms with Gasteiger partial charge in [-0.05, 0) is 55.3 Å². The number of benzene rings is 2. The molecule has 1 heterocycles. The molecule has 1 aliphatic rings. The van der Waals surface area contributed by atoms with Gasteiger partial charge in [0.1, 0.15) is 11.5 Å². The van der Waals surface area contributed by atoms with Crippen LogP contribution in [0.2, 0.25) is 0 Å². The zero-order valence-corrected chi connectivity index (χ0v) is 15.6. The Kier molecular flexibility index (Phi) is 5.37. The van der Waals surface area contributed by atoms with E-state index in [2.05, 4.69) is 15.7 Å². The fourth-order valence-electron chi connectivity index (χ4n) is 3.54. The smallest absolute Gasteiger partial charge is 0.276 e. The normalized spacial score (nSPS) is 14.6. The summed E-state index contributed by atoms with van der Waals surface area (Å²) < 4.78 is 15.2. The first-order valence-corrected chi connectivity index (χ1v) is 9.67. The number of halogens is 1. The minimum Gasteiger partial charge on any atom is -0.382 e. The molecule has 3 aromatic rings. The molecule has 0 bridgehead atoms. The summed E-state index contributed by atoms with van der Waals surface area (Å²) in [5.41, 5.74) is 2.29. The molecule has 1 aliphatic carbocycles. The van der Waals surface area contributed by atoms with E-state index in [0.29, 0.717) is 17.4 Å². The van der Waals surface area contributed by atoms with Gasteiger partial charge >= 0.3 is 0 Å². The molecule has 0 spiro atoms. The second-order valence-corrected chi connectivity index (χ2v) is 7.11. The van der Waals surface area contributed by atoms with Crippen LogP contribution in [0.5, 0.6) is 0 Å². The largest absolute Gasteiger partial charge is 0.382 e. The molecule has 4 rings (SSSR count). The van der Waals surface area contributed by atoms with Crippen molar-refractivity contribution in [1.82, 2.24) is 9.78 Å². The van der Waals surface area contributed by atoms with Crippen LogP contribution >= 0.6 is 0 Å². The molecule has 1 aromatic heterocycles. The first kappa shape index (κ1) is 18.2. The first-order valence-electron chi connectivity index (χ1n) is 9.67. The molecular weight excluding hydrogens is 355 g/mol. The highest BCUT2D eigenvalue weighted by Crippen LogP contribution is 2.22. The lowest BCUT2D eigenvalue weighted by atomic mass is 9.95. The van der Waals surface area contributed by atoms with Gasteiger partial charge in [-0.15, -0.1) is 0 Å². The summed E-state index contributed by atoms with van der Waals surface area (Å²) in [6.07, 6.45) is 7.89. The van der Waals surface area contributed by atoms with Crippen molar-refractivity contribution in [3.8, 4) is 5.69 Å². The summed E-state index contributed by atoms with van der Waals surface area (Å²) in [6, 6.07) is 16.1. The molecule has 1 fully saturated rings. The lowest BCUT2D eigenvalue weighted by molar-refractivity contribution is 0.102. The number of nitrogens with zero attached hydrogens (tertiary/aromatic N) is 2. The van der Waals surface area contributed by atoms with Gasteiger partial charge in [-0.1, -0.05) is 31.4 Å². The molecule has 6 heteroatoms. The summed E-state index contributed by atoms with van der Waals surface area (Å²) >= 11 is 0. The van der Waals surface area contributed by atoms with E-state index in [-0.39, 0.29) is 11.6 Å². The minimum absolute atomic E-state index is 0.229. The third-order valence-electron chi connectivity index (χ3n) is 5.04. The predicted molar refractivity (Wildman–Crippen MR) is 108 cm³/mol. The van der Waals surface area contributed by atoms with Crippen molar-refractivity contribution >= 4 is 17.3 Å². The summed E-state index contributed by atoms with van der Waals surface area (Å²) in [5.74, 6) is -0.721. The van der Waals surface area contributed by atoms with E-state index in [4.69, 9.17) is 0 Å². The van der Waals surface area contributed by atoms with Crippen LogP contribution in [0.1, 0.15) is 42.6 Å². The van der Waals surface area contributed by atoms with E-state index in [1.165, 1.54) is 42.9 Å². The molecule has 144 valence electrons. The summed E-state index contributed by atoms with van der Waals surface area (Å²) in [5, 5.41) is 10.6. The topological polar surface area (TPSA) is 59.0 Å². The Morgan fingerprint density at radius 1 is 0.964 bits per heavy atom. The third-order valence-corrected chi connectivity index (χ3v) is 5.04. The van der Waals surface area contributed by atoms with Gasteiger partial charge in [-0.25, -0.2) is 9.07 Å². The summed E-state index contributed by atoms with van der Waals surface area (Å²) in [7, 11) is 0. The van der Waals surface area contributed by atoms with Gasteiger partial charge in [0.05, 0.1) is 0 Å². The molecule has 0 aliphatic heterocycles. The van der Waals surface area contributed by atoms with Crippen LogP contribution in [-0.2, 0) is 0 Å². The molecule has 1 saturated carbocycles. The Morgan fingerprint density at radius 3 is 2.43 bits per heavy atom. The van der Waals surface area contributed by atoms with Crippen molar-refractivity contribution in [3.63, 3.8) is 0 Å². The Hall–Kier alpha value is -3.15. The van der Waals surface area contributed by atoms with Crippen LogP contribution in [0.25, 0.3) is 5.69 Å². The highest BCUT2D eigenvalue weighted by Gasteiger charge is 2.14. The summed E-state index contributed by atoms with van der Waals surface area (Å²) in [4.78, 5) is 12.4. The van der Waals surface area contributed by atoms with E-state index >= 15 is 0 Å². The van der Waals surface area contributed by atoms with Crippen LogP contribution in [0, 0.1) is 5.82 Å². The van der Waals surface area contributed by atoms with Gasteiger partial charge in [-0.3, -0.25) is 4.79 Å². The first-order chi connectivity index (χ1) is 13.7. The number of para-hydroxylation sites is 1. The highest BCUT2D eigenvalue weighted by atomic mass is 19.1. The molecule has 0 radical (unpaired) electrons. The zero-order valence-electron chi connectivity index (χ0n) is 15.6. The van der Waals surface area contributed by atoms with E-state index in [1.807, 2.05) is 24.3 Å². The highest BCUT2D eigenvalue weighted by molar-refractivity contribution is 6.02. The number of aromatic nitrogens is 2. The van der Waals surface area contributed by atoms with Crippen molar-refractivity contribution in [2.24, 2.45) is 0 Å². The van der Waals surface area contributed by atoms with Crippen molar-refractivity contribution in [2.45, 2.75) is 38.1 Å². The number of amides is 1. The van der Waals surface area contributed by atoms with Gasteiger partial charge in [-0.2, -0.15) is 5.10 Å². The molecule has 28 heavy (non-hydrogen) atoms. The van der Waals surface area contributed by atoms with Gasteiger partial charge in [0, 0.05) is 23.6 Å². The van der Waals surface area contributed by atoms with E-state index in [1.54, 1.807) is 30.5 Å². The van der Waals surface area contributed by atoms with Crippen LogP contribution in [0.3, 0.4) is 0 Å². The van der Waals surface area contributed by atoms with Crippen LogP contribution in [0.15, 0.2) is 60.8 Å². The number of hydrogen-bond donors (Lipinski definition) is 2. The zero-order chi connectivity index (χ0) is 19.3. The second-order valence-electron chi connectivity index (χ2n) is 7.11. The lowest BCUT2D eigenvalue weighted by Gasteiger charge is -2.23. The SMILES string of the molecule is O=C(Nc1ccc(NC2CCCCC2)cc1)c1ccn(-c2ccccc2F)n1. The maximum absolute atomic E-state index is 13.9.